The van der Waals surface area contributed by atoms with Crippen molar-refractivity contribution in [3.8, 4) is 0 Å². The van der Waals surface area contributed by atoms with Crippen LogP contribution in [0.3, 0.4) is 0 Å². The van der Waals surface area contributed by atoms with Crippen molar-refractivity contribution in [2.75, 3.05) is 26.2 Å². The zero-order chi connectivity index (χ0) is 25.6. The smallest absolute Gasteiger partial charge is 0.405 e. The van der Waals surface area contributed by atoms with E-state index in [1.165, 1.54) is 0 Å². The highest BCUT2D eigenvalue weighted by Crippen LogP contribution is 2.37. The van der Waals surface area contributed by atoms with E-state index in [1.807, 2.05) is 43.5 Å². The van der Waals surface area contributed by atoms with E-state index < -0.39 is 21.7 Å². The summed E-state index contributed by atoms with van der Waals surface area (Å²) in [6.07, 6.45) is 2.92. The summed E-state index contributed by atoms with van der Waals surface area (Å²) in [6.45, 7) is 4.05. The highest BCUT2D eigenvalue weighted by Gasteiger charge is 2.46. The number of rotatable bonds is 10. The maximum atomic E-state index is 12.7. The number of nitrogens with one attached hydrogen (secondary N) is 1. The van der Waals surface area contributed by atoms with Crippen molar-refractivity contribution in [1.29, 1.82) is 0 Å². The minimum Gasteiger partial charge on any atom is -0.442 e. The van der Waals surface area contributed by atoms with E-state index in [0.29, 0.717) is 38.9 Å². The lowest BCUT2D eigenvalue weighted by Crippen LogP contribution is -2.57. The first-order valence-corrected chi connectivity index (χ1v) is 14.3. The fourth-order valence-electron chi connectivity index (χ4n) is 4.84. The Labute approximate surface area is 216 Å². The van der Waals surface area contributed by atoms with E-state index in [4.69, 9.17) is 10.5 Å². The van der Waals surface area contributed by atoms with Gasteiger partial charge in [0.1, 0.15) is 5.60 Å². The number of nitrogens with zero attached hydrogens (tertiary/aromatic N) is 2. The molecule has 1 aliphatic heterocycles. The summed E-state index contributed by atoms with van der Waals surface area (Å²) in [5.74, 6) is -0.0342. The van der Waals surface area contributed by atoms with Crippen LogP contribution in [0, 0.1) is 12.8 Å². The predicted octanol–water partition coefficient (Wildman–Crippen LogP) is 3.37. The molecule has 1 amide bonds. The monoisotopic (exact) mass is 528 g/mol. The normalized spacial score (nSPS) is 20.8. The van der Waals surface area contributed by atoms with Crippen molar-refractivity contribution in [1.82, 2.24) is 14.6 Å². The largest absolute Gasteiger partial charge is 0.442 e. The Kier molecular flexibility index (Phi) is 8.40. The molecule has 8 nitrogen and oxygen atoms in total. The van der Waals surface area contributed by atoms with Gasteiger partial charge in [0.2, 0.25) is 10.0 Å². The lowest BCUT2D eigenvalue weighted by Gasteiger charge is -2.47. The number of primary amides is 1. The van der Waals surface area contributed by atoms with Crippen LogP contribution in [0.4, 0.5) is 4.79 Å². The van der Waals surface area contributed by atoms with E-state index in [0.717, 1.165) is 16.0 Å². The SMILES string of the molecule is Cc1ccc(S(=O)(=O)NCCN2CCC(Cc3ccccc3)(OC(N)=O)C(Cc3cncs3)C2)cc1. The summed E-state index contributed by atoms with van der Waals surface area (Å²) in [7, 11) is -3.58. The molecular weight excluding hydrogens is 496 g/mol. The van der Waals surface area contributed by atoms with Gasteiger partial charge in [0.15, 0.2) is 0 Å². The molecule has 0 spiro atoms. The van der Waals surface area contributed by atoms with Gasteiger partial charge < -0.3 is 15.4 Å². The molecule has 4 rings (SSSR count). The van der Waals surface area contributed by atoms with Crippen LogP contribution in [0.1, 0.15) is 22.4 Å². The summed E-state index contributed by atoms with van der Waals surface area (Å²) in [5.41, 5.74) is 8.69. The molecule has 0 bridgehead atoms. The Bertz CT molecular complexity index is 1230. The Hall–Kier alpha value is -2.79. The van der Waals surface area contributed by atoms with E-state index >= 15 is 0 Å². The molecule has 2 unspecified atom stereocenters. The quantitative estimate of drug-likeness (QED) is 0.417. The third kappa shape index (κ3) is 6.70. The number of hydrogen-bond donors (Lipinski definition) is 2. The maximum absolute atomic E-state index is 12.7. The lowest BCUT2D eigenvalue weighted by atomic mass is 9.74. The molecule has 1 fully saturated rings. The molecule has 0 saturated carbocycles. The number of thiazole rings is 1. The fourth-order valence-corrected chi connectivity index (χ4v) is 6.54. The van der Waals surface area contributed by atoms with Gasteiger partial charge in [-0.25, -0.2) is 17.9 Å². The minimum atomic E-state index is -3.58. The van der Waals surface area contributed by atoms with Crippen LogP contribution in [0.15, 0.2) is 71.2 Å². The molecule has 2 atom stereocenters. The van der Waals surface area contributed by atoms with Crippen molar-refractivity contribution in [2.45, 2.75) is 36.7 Å². The number of amides is 1. The minimum absolute atomic E-state index is 0.0342. The van der Waals surface area contributed by atoms with Crippen molar-refractivity contribution in [3.05, 3.63) is 82.3 Å². The number of likely N-dealkylation sites (tertiary alicyclic amines) is 1. The third-order valence-corrected chi connectivity index (χ3v) is 8.99. The van der Waals surface area contributed by atoms with Crippen LogP contribution in [0.25, 0.3) is 0 Å². The van der Waals surface area contributed by atoms with Gasteiger partial charge in [-0.2, -0.15) is 0 Å². The van der Waals surface area contributed by atoms with Crippen molar-refractivity contribution in [3.63, 3.8) is 0 Å². The van der Waals surface area contributed by atoms with Crippen LogP contribution in [0.5, 0.6) is 0 Å². The zero-order valence-electron chi connectivity index (χ0n) is 20.3. The van der Waals surface area contributed by atoms with Crippen molar-refractivity contribution in [2.24, 2.45) is 11.7 Å². The van der Waals surface area contributed by atoms with E-state index in [9.17, 15) is 13.2 Å². The number of aryl methyl sites for hydroxylation is 1. The first kappa shape index (κ1) is 26.3. The lowest BCUT2D eigenvalue weighted by molar-refractivity contribution is -0.0759. The van der Waals surface area contributed by atoms with E-state index in [1.54, 1.807) is 41.1 Å². The number of sulfonamides is 1. The standard InChI is InChI=1S/C26H32N4O4S2/c1-20-7-9-24(10-8-20)36(32,33)29-12-14-30-13-11-26(34-25(27)31,16-21-5-3-2-4-6-21)22(18-30)15-23-17-28-19-35-23/h2-10,17,19,22,29H,11-16,18H2,1H3,(H2,27,31). The van der Waals surface area contributed by atoms with Crippen molar-refractivity contribution < 1.29 is 17.9 Å². The summed E-state index contributed by atoms with van der Waals surface area (Å²) in [4.78, 5) is 19.8. The summed E-state index contributed by atoms with van der Waals surface area (Å²) in [5, 5.41) is 0. The molecule has 1 saturated heterocycles. The second-order valence-corrected chi connectivity index (χ2v) is 12.0. The van der Waals surface area contributed by atoms with Crippen molar-refractivity contribution >= 4 is 27.5 Å². The summed E-state index contributed by atoms with van der Waals surface area (Å²) in [6, 6.07) is 16.8. The van der Waals surface area contributed by atoms with Gasteiger partial charge in [0, 0.05) is 56.0 Å². The van der Waals surface area contributed by atoms with Crippen LogP contribution in [-0.4, -0.2) is 56.2 Å². The summed E-state index contributed by atoms with van der Waals surface area (Å²) >= 11 is 1.57. The van der Waals surface area contributed by atoms with Gasteiger partial charge in [0.05, 0.1) is 10.4 Å². The molecule has 3 aromatic rings. The molecule has 2 heterocycles. The molecule has 192 valence electrons. The van der Waals surface area contributed by atoms with Crippen LogP contribution in [-0.2, 0) is 27.6 Å². The van der Waals surface area contributed by atoms with Crippen LogP contribution in [0.2, 0.25) is 0 Å². The number of carbonyl (C=O) groups excluding carboxylic acids is 1. The number of ether oxygens (including phenoxy) is 1. The highest BCUT2D eigenvalue weighted by molar-refractivity contribution is 7.89. The molecule has 0 aliphatic carbocycles. The molecule has 36 heavy (non-hydrogen) atoms. The number of benzene rings is 2. The van der Waals surface area contributed by atoms with Gasteiger partial charge in [0.25, 0.3) is 0 Å². The van der Waals surface area contributed by atoms with E-state index in [2.05, 4.69) is 14.6 Å². The average Bonchev–Trinajstić information content (AvgIpc) is 3.35. The Morgan fingerprint density at radius 3 is 2.64 bits per heavy atom. The molecule has 10 heteroatoms. The predicted molar refractivity (Wildman–Crippen MR) is 140 cm³/mol. The van der Waals surface area contributed by atoms with Gasteiger partial charge in [-0.1, -0.05) is 48.0 Å². The second-order valence-electron chi connectivity index (χ2n) is 9.28. The Morgan fingerprint density at radius 1 is 1.22 bits per heavy atom. The number of aromatic nitrogens is 1. The van der Waals surface area contributed by atoms with Crippen LogP contribution < -0.4 is 10.5 Å². The fraction of sp³-hybridized carbons (Fsp3) is 0.385. The van der Waals surface area contributed by atoms with Gasteiger partial charge in [-0.05, 0) is 31.0 Å². The molecule has 0 radical (unpaired) electrons. The molecule has 1 aromatic heterocycles. The first-order chi connectivity index (χ1) is 17.3. The zero-order valence-corrected chi connectivity index (χ0v) is 21.9. The molecule has 2 aromatic carbocycles. The Morgan fingerprint density at radius 2 is 1.97 bits per heavy atom. The number of hydrogen-bond acceptors (Lipinski definition) is 7. The third-order valence-electron chi connectivity index (χ3n) is 6.71. The van der Waals surface area contributed by atoms with E-state index in [-0.39, 0.29) is 17.4 Å². The van der Waals surface area contributed by atoms with Gasteiger partial charge >= 0.3 is 6.09 Å². The first-order valence-electron chi connectivity index (χ1n) is 11.9. The summed E-state index contributed by atoms with van der Waals surface area (Å²) < 4.78 is 34.0. The molecule has 1 aliphatic rings. The second kappa shape index (κ2) is 11.5. The number of carbonyl (C=O) groups is 1. The number of nitrogens with two attached hydrogens (primary N) is 1. The molecule has 3 N–H and O–H groups in total. The number of piperidine rings is 1. The van der Waals surface area contributed by atoms with Crippen LogP contribution >= 0.6 is 11.3 Å². The topological polar surface area (TPSA) is 115 Å². The van der Waals surface area contributed by atoms with Gasteiger partial charge in [-0.15, -0.1) is 11.3 Å². The Balaban J connectivity index is 1.48. The molecular formula is C26H32N4O4S2. The van der Waals surface area contributed by atoms with Gasteiger partial charge in [-0.3, -0.25) is 4.98 Å². The average molecular weight is 529 g/mol. The highest BCUT2D eigenvalue weighted by atomic mass is 32.2. The maximum Gasteiger partial charge on any atom is 0.405 e.